The van der Waals surface area contributed by atoms with Gasteiger partial charge in [-0.1, -0.05) is 69.6 Å². The summed E-state index contributed by atoms with van der Waals surface area (Å²) in [6, 6.07) is -1.70. The fourth-order valence-electron chi connectivity index (χ4n) is 2.22. The van der Waals surface area contributed by atoms with Crippen LogP contribution in [0.3, 0.4) is 0 Å². The third-order valence-electron chi connectivity index (χ3n) is 3.37. The summed E-state index contributed by atoms with van der Waals surface area (Å²) < 4.78 is 2.10. The van der Waals surface area contributed by atoms with Crippen LogP contribution in [0.2, 0.25) is 0 Å². The van der Waals surface area contributed by atoms with E-state index in [-0.39, 0.29) is 25.7 Å². The highest BCUT2D eigenvalue weighted by molar-refractivity contribution is 6.67. The molecule has 24 heavy (non-hydrogen) atoms. The average Bonchev–Trinajstić information content (AvgIpc) is 2.76. The number of halogens is 6. The molecule has 0 radical (unpaired) electrons. The number of methoxy groups -OCH3 is 1. The summed E-state index contributed by atoms with van der Waals surface area (Å²) >= 11 is 34.2. The quantitative estimate of drug-likeness (QED) is 0.610. The van der Waals surface area contributed by atoms with Gasteiger partial charge in [-0.05, 0) is 25.7 Å². The van der Waals surface area contributed by atoms with E-state index in [4.69, 9.17) is 80.1 Å². The average molecular weight is 461 g/mol. The van der Waals surface area contributed by atoms with Crippen molar-refractivity contribution < 1.29 is 14.3 Å². The largest absolute Gasteiger partial charge is 0.499 e. The minimum atomic E-state index is -1.53. The fraction of sp³-hybridized carbons (Fsp3) is 0.692. The smallest absolute Gasteiger partial charge is 0.257 e. The number of hydrogen-bond acceptors (Lipinski definition) is 4. The Bertz CT molecular complexity index is 515. The molecule has 2 atom stereocenters. The summed E-state index contributed by atoms with van der Waals surface area (Å²) in [5.41, 5.74) is 5.84. The van der Waals surface area contributed by atoms with Gasteiger partial charge in [0.15, 0.2) is 7.59 Å². The van der Waals surface area contributed by atoms with Gasteiger partial charge in [0.1, 0.15) is 5.76 Å². The Morgan fingerprint density at radius 3 is 2.25 bits per heavy atom. The number of ether oxygens (including phenoxy) is 1. The zero-order valence-electron chi connectivity index (χ0n) is 12.6. The van der Waals surface area contributed by atoms with Crippen molar-refractivity contribution in [3.05, 3.63) is 11.8 Å². The molecule has 1 aliphatic rings. The maximum absolute atomic E-state index is 12.5. The third kappa shape index (κ3) is 6.94. The second-order valence-corrected chi connectivity index (χ2v) is 10.3. The molecule has 138 valence electrons. The molecule has 2 N–H and O–H groups in total. The van der Waals surface area contributed by atoms with Gasteiger partial charge in [0.25, 0.3) is 5.91 Å². The number of amides is 2. The Kier molecular flexibility index (Phi) is 8.27. The van der Waals surface area contributed by atoms with Gasteiger partial charge in [0.05, 0.1) is 19.2 Å². The molecule has 1 aliphatic heterocycles. The summed E-state index contributed by atoms with van der Waals surface area (Å²) in [7, 11) is 1.39. The number of hydrogen-bond donors (Lipinski definition) is 1. The first kappa shape index (κ1) is 22.4. The molecular formula is C13H16Cl6N2O3. The van der Waals surface area contributed by atoms with Crippen molar-refractivity contribution in [1.82, 2.24) is 4.90 Å². The zero-order chi connectivity index (χ0) is 18.7. The van der Waals surface area contributed by atoms with Gasteiger partial charge < -0.3 is 10.5 Å². The fourth-order valence-corrected chi connectivity index (χ4v) is 2.87. The molecule has 5 nitrogen and oxygen atoms in total. The Labute approximate surface area is 170 Å². The van der Waals surface area contributed by atoms with E-state index >= 15 is 0 Å². The number of rotatable bonds is 6. The lowest BCUT2D eigenvalue weighted by Gasteiger charge is -2.28. The van der Waals surface area contributed by atoms with Crippen LogP contribution in [-0.2, 0) is 14.3 Å². The van der Waals surface area contributed by atoms with Crippen LogP contribution in [0.4, 0.5) is 0 Å². The van der Waals surface area contributed by atoms with Crippen molar-refractivity contribution in [3.8, 4) is 0 Å². The monoisotopic (exact) mass is 458 g/mol. The minimum Gasteiger partial charge on any atom is -0.499 e. The summed E-state index contributed by atoms with van der Waals surface area (Å²) in [6.07, 6.45) is 1.70. The molecule has 0 spiro atoms. The first-order valence-electron chi connectivity index (χ1n) is 6.87. The van der Waals surface area contributed by atoms with Crippen molar-refractivity contribution in [2.24, 2.45) is 5.73 Å². The number of nitrogens with zero attached hydrogens (tertiary/aromatic N) is 1. The summed E-state index contributed by atoms with van der Waals surface area (Å²) in [5, 5.41) is 0. The molecule has 0 aliphatic carbocycles. The molecule has 0 aromatic carbocycles. The Morgan fingerprint density at radius 2 is 1.79 bits per heavy atom. The topological polar surface area (TPSA) is 72.6 Å². The maximum atomic E-state index is 12.5. The Morgan fingerprint density at radius 1 is 1.25 bits per heavy atom. The van der Waals surface area contributed by atoms with E-state index in [1.54, 1.807) is 0 Å². The highest BCUT2D eigenvalue weighted by Gasteiger charge is 2.41. The SMILES string of the molecule is COC1=CC(=O)N(C(=O)[C@@H](N)CCC(Cl)(Cl)Cl)[C@@H]1CCC(Cl)(Cl)Cl. The van der Waals surface area contributed by atoms with Crippen LogP contribution in [0.15, 0.2) is 11.8 Å². The van der Waals surface area contributed by atoms with E-state index in [9.17, 15) is 9.59 Å². The van der Waals surface area contributed by atoms with Gasteiger partial charge in [0, 0.05) is 6.08 Å². The minimum absolute atomic E-state index is 0.0655. The first-order valence-corrected chi connectivity index (χ1v) is 9.14. The predicted octanol–water partition coefficient (Wildman–Crippen LogP) is 3.88. The molecule has 0 unspecified atom stereocenters. The molecule has 2 amide bonds. The number of carbonyl (C=O) groups excluding carboxylic acids is 2. The van der Waals surface area contributed by atoms with Crippen molar-refractivity contribution in [2.45, 2.75) is 45.4 Å². The van der Waals surface area contributed by atoms with Gasteiger partial charge in [-0.2, -0.15) is 0 Å². The predicted molar refractivity (Wildman–Crippen MR) is 97.8 cm³/mol. The number of alkyl halides is 6. The van der Waals surface area contributed by atoms with Gasteiger partial charge in [-0.3, -0.25) is 14.5 Å². The molecule has 0 bridgehead atoms. The van der Waals surface area contributed by atoms with E-state index < -0.39 is 31.5 Å². The van der Waals surface area contributed by atoms with Gasteiger partial charge in [0.2, 0.25) is 5.91 Å². The van der Waals surface area contributed by atoms with Crippen molar-refractivity contribution in [1.29, 1.82) is 0 Å². The van der Waals surface area contributed by atoms with Crippen LogP contribution >= 0.6 is 69.6 Å². The summed E-state index contributed by atoms with van der Waals surface area (Å²) in [4.78, 5) is 25.7. The molecule has 11 heteroatoms. The van der Waals surface area contributed by atoms with E-state index in [2.05, 4.69) is 0 Å². The standard InChI is InChI=1S/C13H16Cl6N2O3/c1-24-9-6-10(22)21(8(9)3-5-13(17,18)19)11(23)7(20)2-4-12(14,15)16/h6-8H,2-5,20H2,1H3/t7-,8+/m0/s1. The molecule has 0 saturated heterocycles. The number of nitrogens with two attached hydrogens (primary N) is 1. The molecular weight excluding hydrogens is 445 g/mol. The van der Waals surface area contributed by atoms with E-state index in [0.29, 0.717) is 5.76 Å². The van der Waals surface area contributed by atoms with Crippen LogP contribution in [0.5, 0.6) is 0 Å². The lowest BCUT2D eigenvalue weighted by Crippen LogP contribution is -2.49. The number of imide groups is 1. The van der Waals surface area contributed by atoms with Crippen LogP contribution in [-0.4, -0.2) is 43.5 Å². The van der Waals surface area contributed by atoms with Crippen LogP contribution < -0.4 is 5.73 Å². The highest BCUT2D eigenvalue weighted by atomic mass is 35.6. The van der Waals surface area contributed by atoms with Gasteiger partial charge in [-0.15, -0.1) is 0 Å². The second-order valence-electron chi connectivity index (χ2n) is 5.23. The van der Waals surface area contributed by atoms with Crippen molar-refractivity contribution in [3.63, 3.8) is 0 Å². The Balaban J connectivity index is 2.85. The number of carbonyl (C=O) groups is 2. The van der Waals surface area contributed by atoms with Crippen LogP contribution in [0.1, 0.15) is 25.7 Å². The maximum Gasteiger partial charge on any atom is 0.257 e. The zero-order valence-corrected chi connectivity index (χ0v) is 17.1. The summed E-state index contributed by atoms with van der Waals surface area (Å²) in [5.74, 6) is -0.849. The van der Waals surface area contributed by atoms with Crippen molar-refractivity contribution in [2.75, 3.05) is 7.11 Å². The molecule has 0 fully saturated rings. The summed E-state index contributed by atoms with van der Waals surface area (Å²) in [6.45, 7) is 0. The first-order chi connectivity index (χ1) is 10.9. The van der Waals surface area contributed by atoms with E-state index in [1.807, 2.05) is 0 Å². The van der Waals surface area contributed by atoms with E-state index in [1.165, 1.54) is 13.2 Å². The van der Waals surface area contributed by atoms with Gasteiger partial charge in [-0.25, -0.2) is 0 Å². The van der Waals surface area contributed by atoms with Crippen LogP contribution in [0.25, 0.3) is 0 Å². The van der Waals surface area contributed by atoms with Gasteiger partial charge >= 0.3 is 0 Å². The second kappa shape index (κ2) is 8.85. The molecule has 0 aromatic heterocycles. The Hall–Kier alpha value is 0.380. The molecule has 0 saturated carbocycles. The molecule has 1 rings (SSSR count). The normalized spacial score (nSPS) is 20.2. The highest BCUT2D eigenvalue weighted by Crippen LogP contribution is 2.36. The molecule has 1 heterocycles. The third-order valence-corrected chi connectivity index (χ3v) is 4.51. The van der Waals surface area contributed by atoms with E-state index in [0.717, 1.165) is 4.90 Å². The van der Waals surface area contributed by atoms with Crippen molar-refractivity contribution >= 4 is 81.4 Å². The lowest BCUT2D eigenvalue weighted by atomic mass is 10.1. The molecule has 0 aromatic rings. The van der Waals surface area contributed by atoms with Crippen LogP contribution in [0, 0.1) is 0 Å². The lowest BCUT2D eigenvalue weighted by molar-refractivity contribution is -0.144.